The number of nitrogens with zero attached hydrogens (tertiary/aromatic N) is 2. The summed E-state index contributed by atoms with van der Waals surface area (Å²) in [7, 11) is -1.95. The maximum atomic E-state index is 13.0. The summed E-state index contributed by atoms with van der Waals surface area (Å²) in [4.78, 5) is 14.8. The highest BCUT2D eigenvalue weighted by Gasteiger charge is 2.25. The van der Waals surface area contributed by atoms with Crippen LogP contribution in [0.25, 0.3) is 0 Å². The third-order valence-corrected chi connectivity index (χ3v) is 5.84. The smallest absolute Gasteiger partial charge is 0.253 e. The molecule has 0 aliphatic carbocycles. The van der Waals surface area contributed by atoms with Gasteiger partial charge in [0.1, 0.15) is 0 Å². The topological polar surface area (TPSA) is 99.5 Å². The van der Waals surface area contributed by atoms with Gasteiger partial charge in [-0.3, -0.25) is 9.52 Å². The van der Waals surface area contributed by atoms with E-state index in [4.69, 9.17) is 10.00 Å². The highest BCUT2D eigenvalue weighted by molar-refractivity contribution is 7.92. The Balaban J connectivity index is 1.71. The monoisotopic (exact) mass is 427 g/mol. The maximum Gasteiger partial charge on any atom is 0.253 e. The molecule has 1 heterocycles. The predicted molar refractivity (Wildman–Crippen MR) is 115 cm³/mol. The predicted octanol–water partition coefficient (Wildman–Crippen LogP) is 3.10. The first kappa shape index (κ1) is 21.8. The molecule has 0 unspecified atom stereocenters. The minimum Gasteiger partial charge on any atom is -0.380 e. The van der Waals surface area contributed by atoms with Crippen LogP contribution in [0, 0.1) is 11.3 Å². The molecule has 1 aliphatic heterocycles. The van der Waals surface area contributed by atoms with Crippen LogP contribution < -0.4 is 4.72 Å². The van der Waals surface area contributed by atoms with E-state index in [1.807, 2.05) is 24.3 Å². The van der Waals surface area contributed by atoms with Crippen molar-refractivity contribution in [2.45, 2.75) is 25.4 Å². The molecule has 1 fully saturated rings. The molecule has 2 aromatic rings. The molecule has 1 amide bonds. The van der Waals surface area contributed by atoms with E-state index in [1.165, 1.54) is 12.7 Å². The molecule has 2 aromatic carbocycles. The fraction of sp³-hybridized carbons (Fsp3) is 0.364. The number of sulfonamides is 1. The number of carbonyl (C=O) groups is 1. The van der Waals surface area contributed by atoms with E-state index in [0.717, 1.165) is 19.1 Å². The molecule has 158 valence electrons. The molecule has 0 spiro atoms. The van der Waals surface area contributed by atoms with Crippen LogP contribution in [0.5, 0.6) is 0 Å². The molecule has 0 atom stereocenters. The van der Waals surface area contributed by atoms with Crippen LogP contribution in [0.2, 0.25) is 0 Å². The normalized spacial score (nSPS) is 14.9. The summed E-state index contributed by atoms with van der Waals surface area (Å²) in [5.41, 5.74) is 3.29. The number of hydrogen-bond donors (Lipinski definition) is 1. The molecular weight excluding hydrogens is 402 g/mol. The largest absolute Gasteiger partial charge is 0.380 e. The third kappa shape index (κ3) is 5.38. The second-order valence-corrected chi connectivity index (χ2v) is 9.23. The maximum absolute atomic E-state index is 13.0. The number of amides is 1. The van der Waals surface area contributed by atoms with Crippen molar-refractivity contribution in [3.05, 3.63) is 64.7 Å². The molecule has 8 heteroatoms. The summed E-state index contributed by atoms with van der Waals surface area (Å²) >= 11 is 0. The van der Waals surface area contributed by atoms with E-state index in [0.29, 0.717) is 41.4 Å². The van der Waals surface area contributed by atoms with Gasteiger partial charge >= 0.3 is 0 Å². The Hall–Kier alpha value is -2.89. The van der Waals surface area contributed by atoms with Gasteiger partial charge < -0.3 is 9.64 Å². The first-order valence-corrected chi connectivity index (χ1v) is 11.6. The standard InChI is InChI=1S/C22H25N3O4S/c1-29-15-20-8-7-19(13-21(20)24-30(2,27)28)22(26)25-11-9-18(10-12-25)17-5-3-16(14-23)4-6-17/h3-8,13,18,24H,9-12,15H2,1-2H3. The fourth-order valence-electron chi connectivity index (χ4n) is 3.71. The summed E-state index contributed by atoms with van der Waals surface area (Å²) in [5, 5.41) is 8.93. The minimum atomic E-state index is -3.48. The van der Waals surface area contributed by atoms with Gasteiger partial charge in [-0.05, 0) is 48.6 Å². The quantitative estimate of drug-likeness (QED) is 0.764. The van der Waals surface area contributed by atoms with Crippen molar-refractivity contribution in [3.63, 3.8) is 0 Å². The van der Waals surface area contributed by atoms with E-state index in [9.17, 15) is 13.2 Å². The van der Waals surface area contributed by atoms with Crippen molar-refractivity contribution in [1.29, 1.82) is 5.26 Å². The van der Waals surface area contributed by atoms with Crippen LogP contribution in [0.4, 0.5) is 5.69 Å². The van der Waals surface area contributed by atoms with E-state index < -0.39 is 10.0 Å². The van der Waals surface area contributed by atoms with Gasteiger partial charge in [0, 0.05) is 31.3 Å². The number of nitriles is 1. The van der Waals surface area contributed by atoms with Gasteiger partial charge in [-0.25, -0.2) is 8.42 Å². The zero-order valence-corrected chi connectivity index (χ0v) is 17.9. The number of anilines is 1. The van der Waals surface area contributed by atoms with Gasteiger partial charge in [-0.2, -0.15) is 5.26 Å². The molecule has 3 rings (SSSR count). The van der Waals surface area contributed by atoms with Crippen molar-refractivity contribution in [2.75, 3.05) is 31.2 Å². The number of rotatable bonds is 6. The molecule has 30 heavy (non-hydrogen) atoms. The molecule has 0 saturated carbocycles. The van der Waals surface area contributed by atoms with Crippen molar-refractivity contribution in [1.82, 2.24) is 4.90 Å². The van der Waals surface area contributed by atoms with E-state index in [1.54, 1.807) is 23.1 Å². The molecule has 1 N–H and O–H groups in total. The Morgan fingerprint density at radius 3 is 2.43 bits per heavy atom. The zero-order chi connectivity index (χ0) is 21.7. The molecule has 1 aliphatic rings. The molecule has 0 aromatic heterocycles. The average Bonchev–Trinajstić information content (AvgIpc) is 2.74. The summed E-state index contributed by atoms with van der Waals surface area (Å²) in [6, 6.07) is 14.7. The highest BCUT2D eigenvalue weighted by atomic mass is 32.2. The Morgan fingerprint density at radius 1 is 1.20 bits per heavy atom. The first-order valence-electron chi connectivity index (χ1n) is 9.69. The van der Waals surface area contributed by atoms with Crippen LogP contribution >= 0.6 is 0 Å². The van der Waals surface area contributed by atoms with E-state index in [-0.39, 0.29) is 12.5 Å². The lowest BCUT2D eigenvalue weighted by Gasteiger charge is -2.32. The second kappa shape index (κ2) is 9.28. The lowest BCUT2D eigenvalue weighted by Crippen LogP contribution is -2.38. The second-order valence-electron chi connectivity index (χ2n) is 7.48. The number of benzene rings is 2. The molecule has 0 bridgehead atoms. The lowest BCUT2D eigenvalue weighted by molar-refractivity contribution is 0.0713. The summed E-state index contributed by atoms with van der Waals surface area (Å²) in [5.74, 6) is 0.238. The third-order valence-electron chi connectivity index (χ3n) is 5.25. The van der Waals surface area contributed by atoms with Crippen LogP contribution in [-0.2, 0) is 21.4 Å². The van der Waals surface area contributed by atoms with E-state index >= 15 is 0 Å². The number of ether oxygens (including phenoxy) is 1. The Morgan fingerprint density at radius 2 is 1.87 bits per heavy atom. The molecule has 1 saturated heterocycles. The number of piperidine rings is 1. The van der Waals surface area contributed by atoms with Crippen LogP contribution in [0.1, 0.15) is 45.8 Å². The van der Waals surface area contributed by atoms with Crippen LogP contribution in [0.3, 0.4) is 0 Å². The summed E-state index contributed by atoms with van der Waals surface area (Å²) in [6.45, 7) is 1.48. The molecule has 7 nitrogen and oxygen atoms in total. The lowest BCUT2D eigenvalue weighted by atomic mass is 9.89. The van der Waals surface area contributed by atoms with Gasteiger partial charge in [0.2, 0.25) is 10.0 Å². The number of likely N-dealkylation sites (tertiary alicyclic amines) is 1. The Bertz CT molecular complexity index is 1050. The van der Waals surface area contributed by atoms with E-state index in [2.05, 4.69) is 10.8 Å². The van der Waals surface area contributed by atoms with Gasteiger partial charge in [0.05, 0.1) is 30.2 Å². The Kier molecular flexibility index (Phi) is 6.75. The van der Waals surface area contributed by atoms with Crippen molar-refractivity contribution >= 4 is 21.6 Å². The summed E-state index contributed by atoms with van der Waals surface area (Å²) < 4.78 is 31.0. The number of methoxy groups -OCH3 is 1. The minimum absolute atomic E-state index is 0.117. The van der Waals surface area contributed by atoms with Gasteiger partial charge in [0.25, 0.3) is 5.91 Å². The first-order chi connectivity index (χ1) is 14.3. The van der Waals surface area contributed by atoms with Gasteiger partial charge in [-0.15, -0.1) is 0 Å². The zero-order valence-electron chi connectivity index (χ0n) is 17.1. The fourth-order valence-corrected chi connectivity index (χ4v) is 4.30. The average molecular weight is 428 g/mol. The summed E-state index contributed by atoms with van der Waals surface area (Å²) in [6.07, 6.45) is 2.76. The van der Waals surface area contributed by atoms with Crippen LogP contribution in [0.15, 0.2) is 42.5 Å². The number of carbonyl (C=O) groups excluding carboxylic acids is 1. The van der Waals surface area contributed by atoms with Gasteiger partial charge in [0.15, 0.2) is 0 Å². The van der Waals surface area contributed by atoms with Crippen molar-refractivity contribution in [3.8, 4) is 6.07 Å². The van der Waals surface area contributed by atoms with Crippen molar-refractivity contribution in [2.24, 2.45) is 0 Å². The van der Waals surface area contributed by atoms with Crippen molar-refractivity contribution < 1.29 is 17.9 Å². The van der Waals surface area contributed by atoms with Gasteiger partial charge in [-0.1, -0.05) is 18.2 Å². The molecule has 0 radical (unpaired) electrons. The SMILES string of the molecule is COCc1ccc(C(=O)N2CCC(c3ccc(C#N)cc3)CC2)cc1NS(C)(=O)=O. The van der Waals surface area contributed by atoms with Crippen LogP contribution in [-0.4, -0.2) is 45.7 Å². The highest BCUT2D eigenvalue weighted by Crippen LogP contribution is 2.29. The number of nitrogens with one attached hydrogen (secondary N) is 1. The number of hydrogen-bond acceptors (Lipinski definition) is 5. The molecular formula is C22H25N3O4S. The Labute approximate surface area is 177 Å².